The third kappa shape index (κ3) is 2.04. The van der Waals surface area contributed by atoms with Gasteiger partial charge in [0, 0.05) is 10.0 Å². The van der Waals surface area contributed by atoms with Gasteiger partial charge in [0.15, 0.2) is 0 Å². The Morgan fingerprint density at radius 2 is 2.33 bits per heavy atom. The minimum Gasteiger partial charge on any atom is -0.496 e. The minimum absolute atomic E-state index is 0.149. The van der Waals surface area contributed by atoms with E-state index in [0.717, 1.165) is 10.0 Å². The van der Waals surface area contributed by atoms with E-state index in [9.17, 15) is 4.91 Å². The molecule has 0 N–H and O–H groups in total. The van der Waals surface area contributed by atoms with Crippen molar-refractivity contribution < 1.29 is 4.74 Å². The lowest BCUT2D eigenvalue weighted by Gasteiger charge is -2.04. The van der Waals surface area contributed by atoms with Crippen LogP contribution in [0.3, 0.4) is 0 Å². The average Bonchev–Trinajstić information content (AvgIpc) is 2.08. The van der Waals surface area contributed by atoms with E-state index in [1.165, 1.54) is 0 Å². The van der Waals surface area contributed by atoms with Gasteiger partial charge in [-0.25, -0.2) is 0 Å². The van der Waals surface area contributed by atoms with Gasteiger partial charge >= 0.3 is 0 Å². The summed E-state index contributed by atoms with van der Waals surface area (Å²) in [6.07, 6.45) is 0. The quantitative estimate of drug-likeness (QED) is 0.748. The summed E-state index contributed by atoms with van der Waals surface area (Å²) < 4.78 is 5.97. The lowest BCUT2D eigenvalue weighted by atomic mass is 10.2. The highest BCUT2D eigenvalue weighted by Crippen LogP contribution is 2.23. The van der Waals surface area contributed by atoms with Gasteiger partial charge in [-0.1, -0.05) is 27.2 Å². The standard InChI is InChI=1S/C8H8BrNO2/c1-12-8-4-7(9)3-2-6(8)5-10-11/h2-4H,5H2,1H3. The Bertz CT molecular complexity index is 288. The highest BCUT2D eigenvalue weighted by atomic mass is 79.9. The van der Waals surface area contributed by atoms with Crippen LogP contribution in [0.4, 0.5) is 0 Å². The van der Waals surface area contributed by atoms with Crippen LogP contribution in [0.1, 0.15) is 5.56 Å². The van der Waals surface area contributed by atoms with Crippen molar-refractivity contribution in [3.63, 3.8) is 0 Å². The number of ether oxygens (including phenoxy) is 1. The summed E-state index contributed by atoms with van der Waals surface area (Å²) in [6.45, 7) is 0.149. The SMILES string of the molecule is COc1cc(Br)ccc1CN=O. The molecule has 0 atom stereocenters. The highest BCUT2D eigenvalue weighted by molar-refractivity contribution is 9.10. The Balaban J connectivity index is 3.01. The molecule has 0 saturated carbocycles. The predicted octanol–water partition coefficient (Wildman–Crippen LogP) is 2.72. The van der Waals surface area contributed by atoms with Gasteiger partial charge in [0.2, 0.25) is 0 Å². The van der Waals surface area contributed by atoms with Gasteiger partial charge in [0.05, 0.1) is 7.11 Å². The molecule has 12 heavy (non-hydrogen) atoms. The van der Waals surface area contributed by atoms with Crippen LogP contribution in [-0.2, 0) is 6.54 Å². The molecule has 0 saturated heterocycles. The third-order valence-corrected chi connectivity index (χ3v) is 1.98. The average molecular weight is 230 g/mol. The van der Waals surface area contributed by atoms with Crippen molar-refractivity contribution in [2.45, 2.75) is 6.54 Å². The second-order valence-electron chi connectivity index (χ2n) is 2.24. The third-order valence-electron chi connectivity index (χ3n) is 1.48. The molecular weight excluding hydrogens is 222 g/mol. The zero-order valence-electron chi connectivity index (χ0n) is 6.58. The van der Waals surface area contributed by atoms with Gasteiger partial charge in [0.1, 0.15) is 12.3 Å². The van der Waals surface area contributed by atoms with Gasteiger partial charge in [0.25, 0.3) is 0 Å². The Hall–Kier alpha value is -0.900. The Morgan fingerprint density at radius 1 is 1.58 bits per heavy atom. The van der Waals surface area contributed by atoms with E-state index in [0.29, 0.717) is 5.75 Å². The molecule has 1 rings (SSSR count). The maximum Gasteiger partial charge on any atom is 0.125 e. The first-order valence-electron chi connectivity index (χ1n) is 3.39. The van der Waals surface area contributed by atoms with Gasteiger partial charge in [-0.15, -0.1) is 0 Å². The summed E-state index contributed by atoms with van der Waals surface area (Å²) in [5, 5.41) is 2.80. The van der Waals surface area contributed by atoms with Crippen LogP contribution in [-0.4, -0.2) is 7.11 Å². The van der Waals surface area contributed by atoms with Crippen molar-refractivity contribution in [1.29, 1.82) is 0 Å². The van der Waals surface area contributed by atoms with E-state index in [1.807, 2.05) is 12.1 Å². The normalized spacial score (nSPS) is 9.50. The van der Waals surface area contributed by atoms with E-state index in [-0.39, 0.29) is 6.54 Å². The lowest BCUT2D eigenvalue weighted by molar-refractivity contribution is 0.409. The van der Waals surface area contributed by atoms with E-state index in [2.05, 4.69) is 21.1 Å². The van der Waals surface area contributed by atoms with Crippen molar-refractivity contribution in [3.8, 4) is 5.75 Å². The van der Waals surface area contributed by atoms with E-state index >= 15 is 0 Å². The Kier molecular flexibility index (Phi) is 3.22. The van der Waals surface area contributed by atoms with Crippen molar-refractivity contribution >= 4 is 15.9 Å². The maximum absolute atomic E-state index is 10.0. The first kappa shape index (κ1) is 9.19. The van der Waals surface area contributed by atoms with Gasteiger partial charge in [-0.05, 0) is 12.1 Å². The second-order valence-corrected chi connectivity index (χ2v) is 3.16. The van der Waals surface area contributed by atoms with E-state index in [4.69, 9.17) is 4.74 Å². The molecule has 0 aliphatic heterocycles. The molecule has 0 unspecified atom stereocenters. The van der Waals surface area contributed by atoms with Crippen molar-refractivity contribution in [3.05, 3.63) is 33.1 Å². The topological polar surface area (TPSA) is 38.7 Å². The van der Waals surface area contributed by atoms with Crippen LogP contribution >= 0.6 is 15.9 Å². The number of nitrogens with zero attached hydrogens (tertiary/aromatic N) is 1. The first-order chi connectivity index (χ1) is 5.77. The molecule has 0 amide bonds. The summed E-state index contributed by atoms with van der Waals surface area (Å²) in [6, 6.07) is 5.47. The van der Waals surface area contributed by atoms with Crippen molar-refractivity contribution in [2.24, 2.45) is 5.18 Å². The number of benzene rings is 1. The molecule has 4 heteroatoms. The molecule has 0 radical (unpaired) electrons. The van der Waals surface area contributed by atoms with Crippen molar-refractivity contribution in [2.75, 3.05) is 7.11 Å². The molecule has 0 aliphatic rings. The van der Waals surface area contributed by atoms with Crippen LogP contribution < -0.4 is 4.74 Å². The molecule has 0 spiro atoms. The summed E-state index contributed by atoms with van der Waals surface area (Å²) >= 11 is 3.30. The number of hydrogen-bond acceptors (Lipinski definition) is 3. The largest absolute Gasteiger partial charge is 0.496 e. The summed E-state index contributed by atoms with van der Waals surface area (Å²) in [4.78, 5) is 10.0. The number of methoxy groups -OCH3 is 1. The molecular formula is C8H8BrNO2. The van der Waals surface area contributed by atoms with Crippen LogP contribution in [0, 0.1) is 4.91 Å². The Labute approximate surface area is 78.8 Å². The number of nitroso groups, excluding NO2 is 1. The summed E-state index contributed by atoms with van der Waals surface area (Å²) in [7, 11) is 1.57. The summed E-state index contributed by atoms with van der Waals surface area (Å²) in [5.41, 5.74) is 0.802. The van der Waals surface area contributed by atoms with E-state index < -0.39 is 0 Å². The zero-order valence-corrected chi connectivity index (χ0v) is 8.17. The van der Waals surface area contributed by atoms with Gasteiger partial charge in [-0.2, -0.15) is 4.91 Å². The molecule has 0 aromatic heterocycles. The predicted molar refractivity (Wildman–Crippen MR) is 50.2 cm³/mol. The van der Waals surface area contributed by atoms with Gasteiger partial charge in [-0.3, -0.25) is 0 Å². The molecule has 0 aliphatic carbocycles. The van der Waals surface area contributed by atoms with Crippen molar-refractivity contribution in [1.82, 2.24) is 0 Å². The fourth-order valence-electron chi connectivity index (χ4n) is 0.919. The molecule has 0 fully saturated rings. The number of hydrogen-bond donors (Lipinski definition) is 0. The molecule has 3 nitrogen and oxygen atoms in total. The Morgan fingerprint density at radius 3 is 2.92 bits per heavy atom. The fraction of sp³-hybridized carbons (Fsp3) is 0.250. The van der Waals surface area contributed by atoms with Crippen LogP contribution in [0.5, 0.6) is 5.75 Å². The second kappa shape index (κ2) is 4.21. The number of rotatable bonds is 3. The zero-order chi connectivity index (χ0) is 8.97. The maximum atomic E-state index is 10.0. The highest BCUT2D eigenvalue weighted by Gasteiger charge is 2.02. The molecule has 1 aromatic rings. The molecule has 0 bridgehead atoms. The molecule has 64 valence electrons. The van der Waals surface area contributed by atoms with Crippen LogP contribution in [0.25, 0.3) is 0 Å². The molecule has 1 aromatic carbocycles. The van der Waals surface area contributed by atoms with Gasteiger partial charge < -0.3 is 4.74 Å². The van der Waals surface area contributed by atoms with Crippen LogP contribution in [0.2, 0.25) is 0 Å². The lowest BCUT2D eigenvalue weighted by Crippen LogP contribution is -1.89. The monoisotopic (exact) mass is 229 g/mol. The smallest absolute Gasteiger partial charge is 0.125 e. The summed E-state index contributed by atoms with van der Waals surface area (Å²) in [5.74, 6) is 0.684. The molecule has 0 heterocycles. The van der Waals surface area contributed by atoms with E-state index in [1.54, 1.807) is 13.2 Å². The number of halogens is 1. The minimum atomic E-state index is 0.149. The first-order valence-corrected chi connectivity index (χ1v) is 4.18. The van der Waals surface area contributed by atoms with Crippen LogP contribution in [0.15, 0.2) is 27.8 Å². The fourth-order valence-corrected chi connectivity index (χ4v) is 1.26.